The van der Waals surface area contributed by atoms with Gasteiger partial charge in [-0.25, -0.2) is 8.42 Å². The highest BCUT2D eigenvalue weighted by molar-refractivity contribution is 7.89. The van der Waals surface area contributed by atoms with E-state index in [-0.39, 0.29) is 27.9 Å². The zero-order valence-corrected chi connectivity index (χ0v) is 16.8. The molecule has 29 heavy (non-hydrogen) atoms. The Morgan fingerprint density at radius 2 is 1.83 bits per heavy atom. The molecule has 0 atom stereocenters. The van der Waals surface area contributed by atoms with Crippen molar-refractivity contribution in [2.45, 2.75) is 4.90 Å². The van der Waals surface area contributed by atoms with Crippen LogP contribution in [0.25, 0.3) is 0 Å². The number of carbonyl (C=O) groups is 1. The number of benzene rings is 2. The Morgan fingerprint density at radius 1 is 1.17 bits per heavy atom. The van der Waals surface area contributed by atoms with E-state index < -0.39 is 14.9 Å². The van der Waals surface area contributed by atoms with E-state index in [1.54, 1.807) is 0 Å². The standard InChI is InChI=1S/C18H18ClN3O6S/c19-16-6-3-14(11-17(16)22(24)25)20-12-18(23)13-1-4-15(5-2-13)29(26,27)21-7-9-28-10-8-21/h1-6,11,20H,7-10,12H2. The Bertz CT molecular complexity index is 1020. The second-order valence-electron chi connectivity index (χ2n) is 6.24. The fourth-order valence-electron chi connectivity index (χ4n) is 2.80. The van der Waals surface area contributed by atoms with Crippen molar-refractivity contribution in [3.8, 4) is 0 Å². The van der Waals surface area contributed by atoms with Crippen LogP contribution in [0.3, 0.4) is 0 Å². The molecular weight excluding hydrogens is 422 g/mol. The molecule has 1 aliphatic heterocycles. The summed E-state index contributed by atoms with van der Waals surface area (Å²) in [5.74, 6) is -0.294. The quantitative estimate of drug-likeness (QED) is 0.400. The highest BCUT2D eigenvalue weighted by Crippen LogP contribution is 2.27. The molecule has 1 heterocycles. The molecule has 11 heteroatoms. The first-order chi connectivity index (χ1) is 13.8. The van der Waals surface area contributed by atoms with Crippen LogP contribution in [0, 0.1) is 10.1 Å². The predicted octanol–water partition coefficient (Wildman–Crippen LogP) is 2.56. The van der Waals surface area contributed by atoms with E-state index in [1.807, 2.05) is 0 Å². The summed E-state index contributed by atoms with van der Waals surface area (Å²) in [6.07, 6.45) is 0. The molecule has 0 unspecified atom stereocenters. The normalized spacial score (nSPS) is 15.1. The number of nitrogens with one attached hydrogen (secondary N) is 1. The van der Waals surface area contributed by atoms with Crippen molar-refractivity contribution in [2.24, 2.45) is 0 Å². The third kappa shape index (κ3) is 4.91. The molecule has 1 N–H and O–H groups in total. The molecule has 2 aromatic carbocycles. The Hall–Kier alpha value is -2.53. The summed E-state index contributed by atoms with van der Waals surface area (Å²) in [7, 11) is -3.63. The van der Waals surface area contributed by atoms with E-state index in [0.717, 1.165) is 0 Å². The van der Waals surface area contributed by atoms with Crippen LogP contribution in [0.5, 0.6) is 0 Å². The zero-order valence-electron chi connectivity index (χ0n) is 15.2. The Labute approximate surface area is 172 Å². The zero-order chi connectivity index (χ0) is 21.0. The lowest BCUT2D eigenvalue weighted by molar-refractivity contribution is -0.384. The first-order valence-corrected chi connectivity index (χ1v) is 10.5. The number of ketones is 1. The number of Topliss-reactive ketones (excluding diaryl/α,β-unsaturated/α-hetero) is 1. The smallest absolute Gasteiger partial charge is 0.289 e. The Kier molecular flexibility index (Phi) is 6.48. The summed E-state index contributed by atoms with van der Waals surface area (Å²) < 4.78 is 31.7. The summed E-state index contributed by atoms with van der Waals surface area (Å²) in [6.45, 7) is 1.17. The molecule has 3 rings (SSSR count). The van der Waals surface area contributed by atoms with Crippen LogP contribution in [0.2, 0.25) is 5.02 Å². The molecule has 1 aliphatic rings. The van der Waals surface area contributed by atoms with Crippen molar-refractivity contribution in [1.29, 1.82) is 0 Å². The van der Waals surface area contributed by atoms with Gasteiger partial charge in [0.05, 0.1) is 29.6 Å². The number of sulfonamides is 1. The van der Waals surface area contributed by atoms with Crippen molar-refractivity contribution < 1.29 is 22.9 Å². The molecule has 0 amide bonds. The van der Waals surface area contributed by atoms with E-state index >= 15 is 0 Å². The van der Waals surface area contributed by atoms with Gasteiger partial charge in [0.25, 0.3) is 5.69 Å². The minimum Gasteiger partial charge on any atom is -0.379 e. The van der Waals surface area contributed by atoms with E-state index in [1.165, 1.54) is 46.8 Å². The topological polar surface area (TPSA) is 119 Å². The van der Waals surface area contributed by atoms with Crippen LogP contribution >= 0.6 is 11.6 Å². The number of carbonyl (C=O) groups excluding carboxylic acids is 1. The van der Waals surface area contributed by atoms with Gasteiger partial charge in [0, 0.05) is 30.4 Å². The molecule has 1 fully saturated rings. The fraction of sp³-hybridized carbons (Fsp3) is 0.278. The molecular formula is C18H18ClN3O6S. The number of nitro benzene ring substituents is 1. The highest BCUT2D eigenvalue weighted by atomic mass is 35.5. The molecule has 0 saturated carbocycles. The molecule has 0 bridgehead atoms. The molecule has 9 nitrogen and oxygen atoms in total. The monoisotopic (exact) mass is 439 g/mol. The van der Waals surface area contributed by atoms with Gasteiger partial charge in [-0.1, -0.05) is 11.6 Å². The number of nitro groups is 1. The van der Waals surface area contributed by atoms with Crippen LogP contribution in [-0.2, 0) is 14.8 Å². The van der Waals surface area contributed by atoms with Gasteiger partial charge in [-0.05, 0) is 36.4 Å². The molecule has 2 aromatic rings. The number of rotatable bonds is 7. The fourth-order valence-corrected chi connectivity index (χ4v) is 4.39. The van der Waals surface area contributed by atoms with Crippen LogP contribution in [0.4, 0.5) is 11.4 Å². The third-order valence-electron chi connectivity index (χ3n) is 4.38. The minimum absolute atomic E-state index is 0.00365. The van der Waals surface area contributed by atoms with Gasteiger partial charge in [0.1, 0.15) is 5.02 Å². The third-order valence-corrected chi connectivity index (χ3v) is 6.61. The van der Waals surface area contributed by atoms with Crippen LogP contribution in [0.15, 0.2) is 47.4 Å². The minimum atomic E-state index is -3.63. The van der Waals surface area contributed by atoms with Crippen LogP contribution in [-0.4, -0.2) is 56.3 Å². The van der Waals surface area contributed by atoms with Crippen molar-refractivity contribution in [2.75, 3.05) is 38.2 Å². The summed E-state index contributed by atoms with van der Waals surface area (Å²) in [6, 6.07) is 9.83. The summed E-state index contributed by atoms with van der Waals surface area (Å²) in [5, 5.41) is 13.7. The number of morpholine rings is 1. The first kappa shape index (κ1) is 21.2. The second-order valence-corrected chi connectivity index (χ2v) is 8.59. The van der Waals surface area contributed by atoms with Crippen molar-refractivity contribution in [3.63, 3.8) is 0 Å². The SMILES string of the molecule is O=C(CNc1ccc(Cl)c([N+](=O)[O-])c1)c1ccc(S(=O)(=O)N2CCOCC2)cc1. The number of hydrogen-bond acceptors (Lipinski definition) is 7. The molecule has 0 aliphatic carbocycles. The van der Waals surface area contributed by atoms with Gasteiger partial charge in [-0.3, -0.25) is 14.9 Å². The van der Waals surface area contributed by atoms with Gasteiger partial charge in [0.2, 0.25) is 10.0 Å². The van der Waals surface area contributed by atoms with Crippen LogP contribution in [0.1, 0.15) is 10.4 Å². The van der Waals surface area contributed by atoms with Gasteiger partial charge in [-0.15, -0.1) is 0 Å². The van der Waals surface area contributed by atoms with E-state index in [2.05, 4.69) is 5.32 Å². The van der Waals surface area contributed by atoms with Crippen LogP contribution < -0.4 is 5.32 Å². The lowest BCUT2D eigenvalue weighted by Gasteiger charge is -2.26. The van der Waals surface area contributed by atoms with Crippen molar-refractivity contribution in [1.82, 2.24) is 4.31 Å². The lowest BCUT2D eigenvalue weighted by Crippen LogP contribution is -2.40. The molecule has 0 aromatic heterocycles. The Balaban J connectivity index is 1.66. The first-order valence-electron chi connectivity index (χ1n) is 8.68. The van der Waals surface area contributed by atoms with E-state index in [0.29, 0.717) is 37.6 Å². The van der Waals surface area contributed by atoms with Gasteiger partial charge in [-0.2, -0.15) is 4.31 Å². The number of ether oxygens (including phenoxy) is 1. The summed E-state index contributed by atoms with van der Waals surface area (Å²) in [5.41, 5.74) is 0.435. The summed E-state index contributed by atoms with van der Waals surface area (Å²) in [4.78, 5) is 22.8. The van der Waals surface area contributed by atoms with Gasteiger partial charge < -0.3 is 10.1 Å². The summed E-state index contributed by atoms with van der Waals surface area (Å²) >= 11 is 5.76. The molecule has 0 radical (unpaired) electrons. The number of nitrogens with zero attached hydrogens (tertiary/aromatic N) is 2. The number of hydrogen-bond donors (Lipinski definition) is 1. The predicted molar refractivity (Wildman–Crippen MR) is 107 cm³/mol. The van der Waals surface area contributed by atoms with E-state index in [4.69, 9.17) is 16.3 Å². The van der Waals surface area contributed by atoms with Crippen molar-refractivity contribution in [3.05, 3.63) is 63.2 Å². The molecule has 0 spiro atoms. The molecule has 154 valence electrons. The maximum atomic E-state index is 12.6. The largest absolute Gasteiger partial charge is 0.379 e. The Morgan fingerprint density at radius 3 is 2.45 bits per heavy atom. The van der Waals surface area contributed by atoms with E-state index in [9.17, 15) is 23.3 Å². The number of anilines is 1. The van der Waals surface area contributed by atoms with Crippen molar-refractivity contribution >= 4 is 38.8 Å². The lowest BCUT2D eigenvalue weighted by atomic mass is 10.1. The maximum absolute atomic E-state index is 12.6. The van der Waals surface area contributed by atoms with Gasteiger partial charge in [0.15, 0.2) is 5.78 Å². The number of halogens is 1. The van der Waals surface area contributed by atoms with Gasteiger partial charge >= 0.3 is 0 Å². The maximum Gasteiger partial charge on any atom is 0.289 e. The second kappa shape index (κ2) is 8.87. The average Bonchev–Trinajstić information content (AvgIpc) is 2.73. The molecule has 1 saturated heterocycles. The highest BCUT2D eigenvalue weighted by Gasteiger charge is 2.26. The average molecular weight is 440 g/mol.